The molecule has 3 aromatic carbocycles. The average Bonchev–Trinajstić information content (AvgIpc) is 3.59. The normalized spacial score (nSPS) is 12.0. The molecule has 1 aliphatic rings. The van der Waals surface area contributed by atoms with Crippen LogP contribution in [0, 0.1) is 0 Å². The summed E-state index contributed by atoms with van der Waals surface area (Å²) in [4.78, 5) is 18.3. The van der Waals surface area contributed by atoms with Gasteiger partial charge in [-0.15, -0.1) is 0 Å². The van der Waals surface area contributed by atoms with Gasteiger partial charge in [0.05, 0.1) is 5.56 Å². The first-order valence-electron chi connectivity index (χ1n) is 12.4. The molecule has 0 aliphatic carbocycles. The molecule has 0 fully saturated rings. The van der Waals surface area contributed by atoms with Crippen molar-refractivity contribution < 1.29 is 14.3 Å². The lowest BCUT2D eigenvalue weighted by molar-refractivity contribution is 0.0952. The number of nitrogens with one attached hydrogen (secondary N) is 2. The summed E-state index contributed by atoms with van der Waals surface area (Å²) in [7, 11) is 0. The molecule has 1 amide bonds. The zero-order valence-electron chi connectivity index (χ0n) is 20.7. The summed E-state index contributed by atoms with van der Waals surface area (Å²) in [6.45, 7) is 1.64. The number of hydrogen-bond donors (Lipinski definition) is 3. The number of aromatic nitrogens is 2. The predicted octanol–water partition coefficient (Wildman–Crippen LogP) is 4.73. The first-order chi connectivity index (χ1) is 18.7. The quantitative estimate of drug-likeness (QED) is 0.282. The van der Waals surface area contributed by atoms with Crippen LogP contribution < -0.4 is 25.8 Å². The van der Waals surface area contributed by atoms with Crippen molar-refractivity contribution in [3.05, 3.63) is 113 Å². The fraction of sp³-hybridized carbons (Fsp3) is 0.133. The third kappa shape index (κ3) is 4.65. The van der Waals surface area contributed by atoms with Crippen molar-refractivity contribution in [3.8, 4) is 22.8 Å². The number of carbonyl (C=O) groups excluding carboxylic acids is 1. The van der Waals surface area contributed by atoms with Crippen LogP contribution in [0.2, 0.25) is 0 Å². The van der Waals surface area contributed by atoms with Crippen LogP contribution in [0.4, 0.5) is 5.82 Å². The van der Waals surface area contributed by atoms with Gasteiger partial charge in [0.1, 0.15) is 11.5 Å². The van der Waals surface area contributed by atoms with Crippen molar-refractivity contribution in [3.63, 3.8) is 0 Å². The molecule has 2 aromatic heterocycles. The number of fused-ring (bicyclic) bond motifs is 2. The molecule has 0 saturated heterocycles. The number of pyridine rings is 1. The number of imidazole rings is 1. The maximum atomic E-state index is 13.3. The monoisotopic (exact) mass is 505 g/mol. The molecular formula is C30H27N5O3. The van der Waals surface area contributed by atoms with Crippen LogP contribution in [0.3, 0.4) is 0 Å². The topological polar surface area (TPSA) is 103 Å². The molecule has 0 saturated carbocycles. The lowest BCUT2D eigenvalue weighted by atomic mass is 10.1. The van der Waals surface area contributed by atoms with Crippen LogP contribution in [-0.4, -0.2) is 22.1 Å². The van der Waals surface area contributed by atoms with Gasteiger partial charge in [-0.25, -0.2) is 4.98 Å². The lowest BCUT2D eigenvalue weighted by Gasteiger charge is -2.10. The van der Waals surface area contributed by atoms with Crippen molar-refractivity contribution in [1.82, 2.24) is 14.7 Å². The van der Waals surface area contributed by atoms with Gasteiger partial charge in [0.2, 0.25) is 6.79 Å². The van der Waals surface area contributed by atoms with E-state index in [4.69, 9.17) is 20.2 Å². The SMILES string of the molecule is NCc1cccc(CNC(=O)c2cccn3c(NCc4ccccc4)c(-c4ccc5c(c4)OCO5)nc23)c1. The first kappa shape index (κ1) is 23.6. The minimum atomic E-state index is -0.203. The van der Waals surface area contributed by atoms with Gasteiger partial charge in [-0.3, -0.25) is 9.20 Å². The summed E-state index contributed by atoms with van der Waals surface area (Å²) < 4.78 is 13.0. The van der Waals surface area contributed by atoms with Gasteiger partial charge in [-0.2, -0.15) is 0 Å². The molecule has 8 heteroatoms. The van der Waals surface area contributed by atoms with Gasteiger partial charge in [0.25, 0.3) is 5.91 Å². The Hall–Kier alpha value is -4.82. The van der Waals surface area contributed by atoms with Crippen molar-refractivity contribution in [2.75, 3.05) is 12.1 Å². The summed E-state index contributed by atoms with van der Waals surface area (Å²) in [5.41, 5.74) is 11.5. The van der Waals surface area contributed by atoms with E-state index in [1.807, 2.05) is 77.3 Å². The number of ether oxygens (including phenoxy) is 2. The average molecular weight is 506 g/mol. The Bertz CT molecular complexity index is 1610. The van der Waals surface area contributed by atoms with Crippen molar-refractivity contribution >= 4 is 17.4 Å². The Morgan fingerprint density at radius 3 is 2.55 bits per heavy atom. The minimum Gasteiger partial charge on any atom is -0.454 e. The minimum absolute atomic E-state index is 0.196. The van der Waals surface area contributed by atoms with Crippen LogP contribution in [0.5, 0.6) is 11.5 Å². The Balaban J connectivity index is 1.36. The number of rotatable bonds is 8. The molecule has 0 spiro atoms. The number of hydrogen-bond acceptors (Lipinski definition) is 6. The highest BCUT2D eigenvalue weighted by Gasteiger charge is 2.22. The smallest absolute Gasteiger partial charge is 0.255 e. The van der Waals surface area contributed by atoms with E-state index < -0.39 is 0 Å². The molecule has 6 rings (SSSR count). The molecule has 8 nitrogen and oxygen atoms in total. The van der Waals surface area contributed by atoms with Gasteiger partial charge in [0.15, 0.2) is 17.1 Å². The van der Waals surface area contributed by atoms with Crippen LogP contribution in [0.25, 0.3) is 16.9 Å². The van der Waals surface area contributed by atoms with Gasteiger partial charge < -0.3 is 25.8 Å². The first-order valence-corrected chi connectivity index (χ1v) is 12.4. The van der Waals surface area contributed by atoms with Gasteiger partial charge in [-0.1, -0.05) is 54.6 Å². The van der Waals surface area contributed by atoms with E-state index >= 15 is 0 Å². The third-order valence-corrected chi connectivity index (χ3v) is 6.52. The Morgan fingerprint density at radius 2 is 1.68 bits per heavy atom. The number of amides is 1. The van der Waals surface area contributed by atoms with Crippen LogP contribution in [0.1, 0.15) is 27.0 Å². The molecule has 38 heavy (non-hydrogen) atoms. The van der Waals surface area contributed by atoms with E-state index in [1.54, 1.807) is 6.07 Å². The molecule has 190 valence electrons. The number of carbonyl (C=O) groups is 1. The second kappa shape index (κ2) is 10.3. The molecule has 1 aliphatic heterocycles. The molecule has 5 aromatic rings. The third-order valence-electron chi connectivity index (χ3n) is 6.52. The fourth-order valence-electron chi connectivity index (χ4n) is 4.58. The Morgan fingerprint density at radius 1 is 0.868 bits per heavy atom. The highest BCUT2D eigenvalue weighted by molar-refractivity contribution is 6.01. The number of nitrogens with zero attached hydrogens (tertiary/aromatic N) is 2. The van der Waals surface area contributed by atoms with Crippen molar-refractivity contribution in [2.24, 2.45) is 5.73 Å². The number of benzene rings is 3. The second-order valence-electron chi connectivity index (χ2n) is 9.04. The van der Waals surface area contributed by atoms with Crippen molar-refractivity contribution in [1.29, 1.82) is 0 Å². The molecule has 4 N–H and O–H groups in total. The standard InChI is InChI=1S/C30H27N5O3/c31-16-21-8-4-9-22(14-21)18-33-30(36)24-10-5-13-35-28(24)34-27(23-11-12-25-26(15-23)38-19-37-25)29(35)32-17-20-6-2-1-3-7-20/h1-15,32H,16-19,31H2,(H,33,36). The number of nitrogens with two attached hydrogens (primary N) is 1. The highest BCUT2D eigenvalue weighted by Crippen LogP contribution is 2.38. The largest absolute Gasteiger partial charge is 0.454 e. The van der Waals surface area contributed by atoms with E-state index in [0.29, 0.717) is 42.3 Å². The summed E-state index contributed by atoms with van der Waals surface area (Å²) in [5.74, 6) is 1.96. The van der Waals surface area contributed by atoms with Crippen LogP contribution in [0.15, 0.2) is 91.1 Å². The lowest BCUT2D eigenvalue weighted by Crippen LogP contribution is -2.23. The highest BCUT2D eigenvalue weighted by atomic mass is 16.7. The molecular weight excluding hydrogens is 478 g/mol. The summed E-state index contributed by atoms with van der Waals surface area (Å²) in [6, 6.07) is 27.4. The van der Waals surface area contributed by atoms with E-state index in [9.17, 15) is 4.79 Å². The second-order valence-corrected chi connectivity index (χ2v) is 9.04. The molecule has 0 radical (unpaired) electrons. The molecule has 0 atom stereocenters. The number of anilines is 1. The van der Waals surface area contributed by atoms with Crippen LogP contribution >= 0.6 is 0 Å². The zero-order valence-corrected chi connectivity index (χ0v) is 20.7. The molecule has 0 unspecified atom stereocenters. The molecule has 3 heterocycles. The van der Waals surface area contributed by atoms with Gasteiger partial charge in [0, 0.05) is 31.4 Å². The Kier molecular flexibility index (Phi) is 6.37. The summed E-state index contributed by atoms with van der Waals surface area (Å²) >= 11 is 0. The summed E-state index contributed by atoms with van der Waals surface area (Å²) in [6.07, 6.45) is 1.91. The van der Waals surface area contributed by atoms with E-state index in [1.165, 1.54) is 0 Å². The summed E-state index contributed by atoms with van der Waals surface area (Å²) in [5, 5.41) is 6.57. The maximum absolute atomic E-state index is 13.3. The van der Waals surface area contributed by atoms with Gasteiger partial charge in [-0.05, 0) is 47.0 Å². The van der Waals surface area contributed by atoms with Crippen molar-refractivity contribution in [2.45, 2.75) is 19.6 Å². The molecule has 0 bridgehead atoms. The fourth-order valence-corrected chi connectivity index (χ4v) is 4.58. The maximum Gasteiger partial charge on any atom is 0.255 e. The zero-order chi connectivity index (χ0) is 25.9. The van der Waals surface area contributed by atoms with Crippen LogP contribution in [-0.2, 0) is 19.6 Å². The Labute approximate surface area is 220 Å². The van der Waals surface area contributed by atoms with E-state index in [2.05, 4.69) is 22.8 Å². The van der Waals surface area contributed by atoms with Gasteiger partial charge >= 0.3 is 0 Å². The van der Waals surface area contributed by atoms with E-state index in [-0.39, 0.29) is 12.7 Å². The van der Waals surface area contributed by atoms with E-state index in [0.717, 1.165) is 33.8 Å². The predicted molar refractivity (Wildman–Crippen MR) is 146 cm³/mol.